The number of rotatable bonds is 2. The topological polar surface area (TPSA) is 62.8 Å². The van der Waals surface area contributed by atoms with Crippen LogP contribution >= 0.6 is 0 Å². The normalized spacial score (nSPS) is 9.55. The predicted octanol–water partition coefficient (Wildman–Crippen LogP) is 0.928. The zero-order valence-corrected chi connectivity index (χ0v) is 6.46. The molecule has 3 nitrogen and oxygen atoms in total. The molecule has 1 aromatic heterocycles. The highest BCUT2D eigenvalue weighted by Crippen LogP contribution is 2.04. The molecule has 0 bridgehead atoms. The van der Waals surface area contributed by atoms with Gasteiger partial charge in [0.2, 0.25) is 0 Å². The molecule has 0 aliphatic carbocycles. The van der Waals surface area contributed by atoms with E-state index >= 15 is 0 Å². The smallest absolute Gasteiger partial charge is 0.142 e. The quantitative estimate of drug-likeness (QED) is 0.485. The third-order valence-electron chi connectivity index (χ3n) is 1.53. The number of nitrogen functional groups attached to an aromatic ring is 1. The van der Waals surface area contributed by atoms with Gasteiger partial charge in [-0.25, -0.2) is 0 Å². The van der Waals surface area contributed by atoms with Crippen molar-refractivity contribution in [2.24, 2.45) is 5.73 Å². The van der Waals surface area contributed by atoms with Gasteiger partial charge in [-0.3, -0.25) is 10.4 Å². The van der Waals surface area contributed by atoms with Gasteiger partial charge in [-0.15, -0.1) is 0 Å². The van der Waals surface area contributed by atoms with Crippen LogP contribution in [0.2, 0.25) is 0 Å². The van der Waals surface area contributed by atoms with E-state index in [2.05, 4.69) is 4.98 Å². The molecule has 3 N–H and O–H groups in total. The Morgan fingerprint density at radius 3 is 2.91 bits per heavy atom. The van der Waals surface area contributed by atoms with Crippen LogP contribution in [-0.4, -0.2) is 10.8 Å². The number of nitrogens with one attached hydrogen (secondary N) is 1. The summed E-state index contributed by atoms with van der Waals surface area (Å²) in [6.07, 6.45) is 2.51. The summed E-state index contributed by atoms with van der Waals surface area (Å²) in [7, 11) is 0. The van der Waals surface area contributed by atoms with Crippen molar-refractivity contribution >= 4 is 5.84 Å². The van der Waals surface area contributed by atoms with Crippen LogP contribution in [0.1, 0.15) is 18.2 Å². The second-order valence-electron chi connectivity index (χ2n) is 2.28. The third kappa shape index (κ3) is 1.55. The Morgan fingerprint density at radius 2 is 2.45 bits per heavy atom. The fourth-order valence-corrected chi connectivity index (χ4v) is 0.966. The van der Waals surface area contributed by atoms with E-state index in [4.69, 9.17) is 11.1 Å². The molecule has 0 fully saturated rings. The lowest BCUT2D eigenvalue weighted by Crippen LogP contribution is -2.15. The van der Waals surface area contributed by atoms with E-state index < -0.39 is 0 Å². The van der Waals surface area contributed by atoms with Gasteiger partial charge in [0.05, 0.1) is 0 Å². The maximum atomic E-state index is 7.19. The summed E-state index contributed by atoms with van der Waals surface area (Å²) in [5, 5.41) is 7.19. The minimum atomic E-state index is 0.0439. The summed E-state index contributed by atoms with van der Waals surface area (Å²) in [6, 6.07) is 3.79. The largest absolute Gasteiger partial charge is 0.382 e. The summed E-state index contributed by atoms with van der Waals surface area (Å²) < 4.78 is 0. The molecule has 58 valence electrons. The Balaban J connectivity index is 3.12. The molecular formula is C8H11N3. The standard InChI is InChI=1S/C8H11N3/c1-2-6-4-3-5-11-7(6)8(9)10/h3-5H,2H2,1H3,(H3,9,10). The molecule has 0 unspecified atom stereocenters. The Kier molecular flexibility index (Phi) is 2.21. The van der Waals surface area contributed by atoms with E-state index in [1.807, 2.05) is 19.1 Å². The van der Waals surface area contributed by atoms with E-state index in [-0.39, 0.29) is 5.84 Å². The van der Waals surface area contributed by atoms with Gasteiger partial charge in [-0.05, 0) is 18.1 Å². The molecule has 0 amide bonds. The maximum Gasteiger partial charge on any atom is 0.142 e. The molecule has 0 spiro atoms. The van der Waals surface area contributed by atoms with Crippen LogP contribution in [0.25, 0.3) is 0 Å². The molecule has 0 aliphatic rings. The number of aryl methyl sites for hydroxylation is 1. The van der Waals surface area contributed by atoms with Crippen molar-refractivity contribution in [1.82, 2.24) is 4.98 Å². The Bertz CT molecular complexity index is 268. The van der Waals surface area contributed by atoms with Crippen molar-refractivity contribution in [3.63, 3.8) is 0 Å². The minimum Gasteiger partial charge on any atom is -0.382 e. The highest BCUT2D eigenvalue weighted by Gasteiger charge is 2.02. The fraction of sp³-hybridized carbons (Fsp3) is 0.250. The SMILES string of the molecule is CCc1cccnc1C(=N)N. The lowest BCUT2D eigenvalue weighted by Gasteiger charge is -2.02. The first-order valence-electron chi connectivity index (χ1n) is 3.54. The van der Waals surface area contributed by atoms with Gasteiger partial charge in [0.1, 0.15) is 11.5 Å². The van der Waals surface area contributed by atoms with Crippen molar-refractivity contribution in [3.8, 4) is 0 Å². The van der Waals surface area contributed by atoms with Gasteiger partial charge >= 0.3 is 0 Å². The van der Waals surface area contributed by atoms with Crippen molar-refractivity contribution < 1.29 is 0 Å². The summed E-state index contributed by atoms with van der Waals surface area (Å²) in [4.78, 5) is 4.00. The summed E-state index contributed by atoms with van der Waals surface area (Å²) in [5.41, 5.74) is 6.95. The highest BCUT2D eigenvalue weighted by molar-refractivity contribution is 5.94. The number of nitrogens with zero attached hydrogens (tertiary/aromatic N) is 1. The molecule has 1 aromatic rings. The monoisotopic (exact) mass is 149 g/mol. The van der Waals surface area contributed by atoms with Gasteiger partial charge in [-0.2, -0.15) is 0 Å². The first-order valence-corrected chi connectivity index (χ1v) is 3.54. The summed E-state index contributed by atoms with van der Waals surface area (Å²) in [5.74, 6) is 0.0439. The molecule has 1 rings (SSSR count). The van der Waals surface area contributed by atoms with Crippen LogP contribution in [-0.2, 0) is 6.42 Å². The van der Waals surface area contributed by atoms with Crippen LogP contribution in [0, 0.1) is 5.41 Å². The second-order valence-corrected chi connectivity index (χ2v) is 2.28. The van der Waals surface area contributed by atoms with E-state index in [1.165, 1.54) is 0 Å². The van der Waals surface area contributed by atoms with Crippen LogP contribution in [0.15, 0.2) is 18.3 Å². The highest BCUT2D eigenvalue weighted by atomic mass is 14.8. The second kappa shape index (κ2) is 3.14. The summed E-state index contributed by atoms with van der Waals surface area (Å²) >= 11 is 0. The maximum absolute atomic E-state index is 7.19. The van der Waals surface area contributed by atoms with Crippen molar-refractivity contribution in [2.45, 2.75) is 13.3 Å². The molecule has 0 saturated heterocycles. The van der Waals surface area contributed by atoms with E-state index in [1.54, 1.807) is 6.20 Å². The molecule has 0 radical (unpaired) electrons. The molecule has 1 heterocycles. The Labute approximate surface area is 65.8 Å². The zero-order valence-electron chi connectivity index (χ0n) is 6.46. The van der Waals surface area contributed by atoms with Gasteiger partial charge in [0.25, 0.3) is 0 Å². The average Bonchev–Trinajstić information content (AvgIpc) is 2.04. The first-order chi connectivity index (χ1) is 5.25. The van der Waals surface area contributed by atoms with Crippen LogP contribution in [0.3, 0.4) is 0 Å². The van der Waals surface area contributed by atoms with Crippen LogP contribution in [0.4, 0.5) is 0 Å². The average molecular weight is 149 g/mol. The van der Waals surface area contributed by atoms with Gasteiger partial charge in [0.15, 0.2) is 0 Å². The number of pyridine rings is 1. The molecule has 0 saturated carbocycles. The fourth-order valence-electron chi connectivity index (χ4n) is 0.966. The minimum absolute atomic E-state index is 0.0439. The number of amidine groups is 1. The number of hydrogen-bond acceptors (Lipinski definition) is 2. The van der Waals surface area contributed by atoms with Crippen molar-refractivity contribution in [3.05, 3.63) is 29.6 Å². The van der Waals surface area contributed by atoms with Gasteiger partial charge < -0.3 is 5.73 Å². The zero-order chi connectivity index (χ0) is 8.27. The predicted molar refractivity (Wildman–Crippen MR) is 44.6 cm³/mol. The Hall–Kier alpha value is -1.38. The van der Waals surface area contributed by atoms with E-state index in [0.717, 1.165) is 12.0 Å². The number of nitrogens with two attached hydrogens (primary N) is 1. The molecular weight excluding hydrogens is 138 g/mol. The van der Waals surface area contributed by atoms with E-state index in [9.17, 15) is 0 Å². The number of aromatic nitrogens is 1. The van der Waals surface area contributed by atoms with E-state index in [0.29, 0.717) is 5.69 Å². The van der Waals surface area contributed by atoms with Crippen molar-refractivity contribution in [1.29, 1.82) is 5.41 Å². The molecule has 3 heteroatoms. The Morgan fingerprint density at radius 1 is 1.73 bits per heavy atom. The van der Waals surface area contributed by atoms with Gasteiger partial charge in [0, 0.05) is 6.20 Å². The lowest BCUT2D eigenvalue weighted by atomic mass is 10.1. The van der Waals surface area contributed by atoms with Crippen LogP contribution < -0.4 is 5.73 Å². The molecule has 11 heavy (non-hydrogen) atoms. The molecule has 0 aliphatic heterocycles. The number of hydrogen-bond donors (Lipinski definition) is 2. The first kappa shape index (κ1) is 7.72. The molecule has 0 atom stereocenters. The molecule has 0 aromatic carbocycles. The lowest BCUT2D eigenvalue weighted by molar-refractivity contribution is 1.08. The van der Waals surface area contributed by atoms with Gasteiger partial charge in [-0.1, -0.05) is 13.0 Å². The summed E-state index contributed by atoms with van der Waals surface area (Å²) in [6.45, 7) is 2.02. The third-order valence-corrected chi connectivity index (χ3v) is 1.53. The van der Waals surface area contributed by atoms with Crippen LogP contribution in [0.5, 0.6) is 0 Å². The van der Waals surface area contributed by atoms with Crippen molar-refractivity contribution in [2.75, 3.05) is 0 Å².